The fourth-order valence-corrected chi connectivity index (χ4v) is 3.36. The molecule has 3 rings (SSSR count). The second kappa shape index (κ2) is 11.9. The molecule has 0 spiro atoms. The van der Waals surface area contributed by atoms with E-state index in [1.807, 2.05) is 27.7 Å². The zero-order chi connectivity index (χ0) is 24.5. The van der Waals surface area contributed by atoms with Crippen LogP contribution in [-0.4, -0.2) is 42.2 Å². The number of ketones is 1. The van der Waals surface area contributed by atoms with Crippen LogP contribution in [0.1, 0.15) is 55.7 Å². The summed E-state index contributed by atoms with van der Waals surface area (Å²) in [7, 11) is 3.04. The predicted octanol–water partition coefficient (Wildman–Crippen LogP) is 5.31. The maximum atomic E-state index is 13.3. The van der Waals surface area contributed by atoms with Gasteiger partial charge in [-0.05, 0) is 55.5 Å². The number of pyridine rings is 1. The Kier molecular flexibility index (Phi) is 9.21. The first-order valence-electron chi connectivity index (χ1n) is 10.9. The minimum Gasteiger partial charge on any atom is -0.493 e. The molecule has 0 radical (unpaired) electrons. The van der Waals surface area contributed by atoms with E-state index in [-0.39, 0.29) is 30.4 Å². The fraction of sp³-hybridized carbons (Fsp3) is 0.346. The Balaban J connectivity index is 0.00000187. The highest BCUT2D eigenvalue weighted by Crippen LogP contribution is 2.35. The molecule has 0 atom stereocenters. The third-order valence-electron chi connectivity index (χ3n) is 4.77. The zero-order valence-electron chi connectivity index (χ0n) is 20.0. The van der Waals surface area contributed by atoms with Crippen LogP contribution in [0.5, 0.6) is 17.2 Å². The average Bonchev–Trinajstić information content (AvgIpc) is 2.82. The summed E-state index contributed by atoms with van der Waals surface area (Å²) in [5.41, 5.74) is 1.41. The minimum atomic E-state index is -0.907. The van der Waals surface area contributed by atoms with Crippen molar-refractivity contribution in [2.75, 3.05) is 14.2 Å². The summed E-state index contributed by atoms with van der Waals surface area (Å²) >= 11 is 0. The number of methoxy groups -OCH3 is 2. The van der Waals surface area contributed by atoms with Gasteiger partial charge in [0.25, 0.3) is 0 Å². The van der Waals surface area contributed by atoms with Gasteiger partial charge in [0, 0.05) is 23.6 Å². The van der Waals surface area contributed by atoms with E-state index in [0.29, 0.717) is 39.1 Å². The Labute approximate surface area is 194 Å². The summed E-state index contributed by atoms with van der Waals surface area (Å²) < 4.78 is 16.5. The number of carbonyl (C=O) groups excluding carboxylic acids is 1. The van der Waals surface area contributed by atoms with Crippen LogP contribution in [0.4, 0.5) is 0 Å². The van der Waals surface area contributed by atoms with Gasteiger partial charge in [0.1, 0.15) is 11.4 Å². The summed E-state index contributed by atoms with van der Waals surface area (Å²) in [6.07, 6.45) is 1.77. The van der Waals surface area contributed by atoms with Crippen molar-refractivity contribution in [3.05, 3.63) is 59.4 Å². The molecule has 7 nitrogen and oxygen atoms in total. The van der Waals surface area contributed by atoms with Crippen LogP contribution in [0, 0.1) is 0 Å². The van der Waals surface area contributed by atoms with Gasteiger partial charge in [-0.15, -0.1) is 0 Å². The van der Waals surface area contributed by atoms with Gasteiger partial charge in [0.2, 0.25) is 5.78 Å². The first-order valence-corrected chi connectivity index (χ1v) is 10.9. The van der Waals surface area contributed by atoms with Gasteiger partial charge in [-0.25, -0.2) is 0 Å². The van der Waals surface area contributed by atoms with Gasteiger partial charge in [-0.3, -0.25) is 14.6 Å². The molecule has 0 unspecified atom stereocenters. The Morgan fingerprint density at radius 3 is 2.21 bits per heavy atom. The van der Waals surface area contributed by atoms with E-state index in [9.17, 15) is 9.59 Å². The number of hydrogen-bond donors (Lipinski definition) is 1. The van der Waals surface area contributed by atoms with Crippen molar-refractivity contribution in [2.24, 2.45) is 0 Å². The number of fused-ring (bicyclic) bond motifs is 1. The van der Waals surface area contributed by atoms with Crippen LogP contribution in [0.3, 0.4) is 0 Å². The predicted molar refractivity (Wildman–Crippen MR) is 128 cm³/mol. The second-order valence-corrected chi connectivity index (χ2v) is 7.30. The lowest BCUT2D eigenvalue weighted by molar-refractivity contribution is -0.136. The molecule has 7 heteroatoms. The van der Waals surface area contributed by atoms with Crippen molar-refractivity contribution in [1.82, 2.24) is 4.98 Å². The summed E-state index contributed by atoms with van der Waals surface area (Å²) in [6, 6.07) is 10.4. The maximum Gasteiger partial charge on any atom is 0.303 e. The Hall–Kier alpha value is -3.61. The molecule has 0 fully saturated rings. The van der Waals surface area contributed by atoms with Gasteiger partial charge < -0.3 is 19.3 Å². The Morgan fingerprint density at radius 2 is 1.64 bits per heavy atom. The van der Waals surface area contributed by atoms with E-state index in [4.69, 9.17) is 19.3 Å². The molecule has 0 aliphatic rings. The van der Waals surface area contributed by atoms with Crippen molar-refractivity contribution in [1.29, 1.82) is 0 Å². The molecular formula is C26H31NO6. The summed E-state index contributed by atoms with van der Waals surface area (Å²) in [5, 5.41) is 10.3. The molecule has 1 aromatic heterocycles. The Bertz CT molecular complexity index is 1120. The van der Waals surface area contributed by atoms with Gasteiger partial charge in [-0.2, -0.15) is 0 Å². The lowest BCUT2D eigenvalue weighted by Crippen LogP contribution is -2.09. The number of carbonyl (C=O) groups is 2. The Morgan fingerprint density at radius 1 is 1.00 bits per heavy atom. The number of aliphatic carboxylic acids is 1. The standard InChI is InChI=1S/C24H25NO6.C2H6/c1-14(2)31-17-7-5-6-15(10-17)24(28)23-19-12-21(30-4)20(29-3)11-18(19)16(13-25-23)8-9-22(26)27;1-2/h5-7,10-14H,8-9H2,1-4H3,(H,26,27);1-2H3. The van der Waals surface area contributed by atoms with Crippen molar-refractivity contribution in [2.45, 2.75) is 46.6 Å². The van der Waals surface area contributed by atoms with Gasteiger partial charge >= 0.3 is 5.97 Å². The number of hydrogen-bond acceptors (Lipinski definition) is 6. The van der Waals surface area contributed by atoms with Gasteiger partial charge in [0.05, 0.1) is 20.3 Å². The number of aryl methyl sites for hydroxylation is 1. The number of rotatable bonds is 9. The highest BCUT2D eigenvalue weighted by atomic mass is 16.5. The number of benzene rings is 2. The SMILES string of the molecule is CC.COc1cc2c(CCC(=O)O)cnc(C(=O)c3cccc(OC(C)C)c3)c2cc1OC. The van der Waals surface area contributed by atoms with Crippen LogP contribution in [0.25, 0.3) is 10.8 Å². The van der Waals surface area contributed by atoms with Crippen molar-refractivity contribution >= 4 is 22.5 Å². The van der Waals surface area contributed by atoms with E-state index in [0.717, 1.165) is 0 Å². The van der Waals surface area contributed by atoms with Crippen molar-refractivity contribution < 1.29 is 28.9 Å². The maximum absolute atomic E-state index is 13.3. The third-order valence-corrected chi connectivity index (χ3v) is 4.77. The molecule has 0 amide bonds. The molecule has 1 heterocycles. The summed E-state index contributed by atoms with van der Waals surface area (Å²) in [6.45, 7) is 7.83. The first kappa shape index (κ1) is 25.6. The van der Waals surface area contributed by atoms with Crippen LogP contribution in [0.2, 0.25) is 0 Å². The molecular weight excluding hydrogens is 422 g/mol. The number of nitrogens with zero attached hydrogens (tertiary/aromatic N) is 1. The molecule has 3 aromatic rings. The largest absolute Gasteiger partial charge is 0.493 e. The molecule has 33 heavy (non-hydrogen) atoms. The molecule has 1 N–H and O–H groups in total. The summed E-state index contributed by atoms with van der Waals surface area (Å²) in [4.78, 5) is 28.8. The zero-order valence-corrected chi connectivity index (χ0v) is 20.0. The molecule has 0 saturated heterocycles. The molecule has 2 aromatic carbocycles. The van der Waals surface area contributed by atoms with Gasteiger partial charge in [-0.1, -0.05) is 26.0 Å². The van der Waals surface area contributed by atoms with E-state index in [1.54, 1.807) is 42.6 Å². The fourth-order valence-electron chi connectivity index (χ4n) is 3.36. The van der Waals surface area contributed by atoms with E-state index < -0.39 is 5.97 Å². The lowest BCUT2D eigenvalue weighted by Gasteiger charge is -2.14. The van der Waals surface area contributed by atoms with E-state index >= 15 is 0 Å². The topological polar surface area (TPSA) is 95.0 Å². The van der Waals surface area contributed by atoms with Crippen LogP contribution < -0.4 is 14.2 Å². The quantitative estimate of drug-likeness (QED) is 0.439. The molecule has 176 valence electrons. The van der Waals surface area contributed by atoms with Crippen molar-refractivity contribution in [3.63, 3.8) is 0 Å². The smallest absolute Gasteiger partial charge is 0.303 e. The number of aromatic nitrogens is 1. The monoisotopic (exact) mass is 453 g/mol. The number of ether oxygens (including phenoxy) is 3. The highest BCUT2D eigenvalue weighted by Gasteiger charge is 2.20. The van der Waals surface area contributed by atoms with Crippen LogP contribution in [-0.2, 0) is 11.2 Å². The summed E-state index contributed by atoms with van der Waals surface area (Å²) in [5.74, 6) is 0.371. The van der Waals surface area contributed by atoms with E-state index in [1.165, 1.54) is 14.2 Å². The highest BCUT2D eigenvalue weighted by molar-refractivity contribution is 6.15. The first-order chi connectivity index (χ1) is 15.8. The number of carboxylic acids is 1. The minimum absolute atomic E-state index is 0.0189. The number of carboxylic acid groups (broad SMARTS) is 1. The third kappa shape index (κ3) is 6.22. The molecule has 0 bridgehead atoms. The second-order valence-electron chi connectivity index (χ2n) is 7.30. The van der Waals surface area contributed by atoms with Crippen LogP contribution >= 0.6 is 0 Å². The normalized spacial score (nSPS) is 10.4. The van der Waals surface area contributed by atoms with E-state index in [2.05, 4.69) is 4.98 Å². The molecule has 0 aliphatic carbocycles. The molecule has 0 saturated carbocycles. The molecule has 0 aliphatic heterocycles. The van der Waals surface area contributed by atoms with Crippen molar-refractivity contribution in [3.8, 4) is 17.2 Å². The van der Waals surface area contributed by atoms with Crippen LogP contribution in [0.15, 0.2) is 42.6 Å². The lowest BCUT2D eigenvalue weighted by atomic mass is 9.97. The van der Waals surface area contributed by atoms with Gasteiger partial charge in [0.15, 0.2) is 11.5 Å². The average molecular weight is 454 g/mol.